The van der Waals surface area contributed by atoms with Crippen LogP contribution in [-0.2, 0) is 11.2 Å². The first kappa shape index (κ1) is 17.9. The molecule has 2 nitrogen and oxygen atoms in total. The van der Waals surface area contributed by atoms with E-state index >= 15 is 0 Å². The zero-order valence-corrected chi connectivity index (χ0v) is 15.9. The molecule has 0 aliphatic rings. The topological polar surface area (TPSA) is 22.1 Å². The zero-order valence-electron chi connectivity index (χ0n) is 12.5. The molecule has 1 aromatic rings. The van der Waals surface area contributed by atoms with E-state index in [1.165, 1.54) is 5.56 Å². The largest absolute Gasteiger partial charge is 0.479 e. The number of rotatable bonds is 6. The lowest BCUT2D eigenvalue weighted by Crippen LogP contribution is -2.37. The van der Waals surface area contributed by atoms with E-state index in [1.807, 2.05) is 25.3 Å². The van der Waals surface area contributed by atoms with Crippen molar-refractivity contribution < 1.29 is 4.74 Å². The van der Waals surface area contributed by atoms with E-state index in [0.717, 1.165) is 12.8 Å². The molecule has 0 aliphatic carbocycles. The van der Waals surface area contributed by atoms with Crippen LogP contribution in [0.4, 0.5) is 0 Å². The summed E-state index contributed by atoms with van der Waals surface area (Å²) in [6.45, 7) is 9.74. The molecule has 0 amide bonds. The Morgan fingerprint density at radius 3 is 2.65 bits per heavy atom. The summed E-state index contributed by atoms with van der Waals surface area (Å²) in [7, 11) is -1.29. The molecule has 1 atom stereocenters. The van der Waals surface area contributed by atoms with E-state index in [1.54, 1.807) is 11.8 Å². The van der Waals surface area contributed by atoms with Crippen molar-refractivity contribution in [3.63, 3.8) is 0 Å². The average Bonchev–Trinajstić information content (AvgIpc) is 2.35. The number of pyridine rings is 1. The van der Waals surface area contributed by atoms with Gasteiger partial charge in [0.2, 0.25) is 4.38 Å². The van der Waals surface area contributed by atoms with Gasteiger partial charge >= 0.3 is 0 Å². The third kappa shape index (κ3) is 6.57. The number of thiocarbonyl (C=S) groups is 1. The number of halogens is 1. The van der Waals surface area contributed by atoms with Crippen LogP contribution in [0.25, 0.3) is 0 Å². The fourth-order valence-electron chi connectivity index (χ4n) is 1.79. The highest BCUT2D eigenvalue weighted by Gasteiger charge is 2.28. The van der Waals surface area contributed by atoms with Crippen molar-refractivity contribution in [2.24, 2.45) is 0 Å². The van der Waals surface area contributed by atoms with Crippen molar-refractivity contribution in [3.05, 3.63) is 29.0 Å². The van der Waals surface area contributed by atoms with Gasteiger partial charge in [0.1, 0.15) is 5.15 Å². The Morgan fingerprint density at radius 1 is 1.45 bits per heavy atom. The molecule has 112 valence electrons. The van der Waals surface area contributed by atoms with E-state index in [0.29, 0.717) is 21.0 Å². The van der Waals surface area contributed by atoms with Gasteiger partial charge < -0.3 is 4.74 Å². The lowest BCUT2D eigenvalue weighted by molar-refractivity contribution is 0.346. The van der Waals surface area contributed by atoms with Gasteiger partial charge in [0.05, 0.1) is 14.7 Å². The Balaban J connectivity index is 2.61. The Kier molecular flexibility index (Phi) is 7.51. The van der Waals surface area contributed by atoms with Crippen molar-refractivity contribution in [2.75, 3.05) is 6.61 Å². The molecule has 1 heterocycles. The highest BCUT2D eigenvalue weighted by molar-refractivity contribution is 8.23. The molecular formula is C14H22ClNOS2Si. The number of aromatic nitrogens is 1. The first-order valence-corrected chi connectivity index (χ1v) is 12.0. The highest BCUT2D eigenvalue weighted by Crippen LogP contribution is 2.28. The van der Waals surface area contributed by atoms with Gasteiger partial charge in [-0.3, -0.25) is 0 Å². The fourth-order valence-corrected chi connectivity index (χ4v) is 6.02. The molecule has 0 N–H and O–H groups in total. The number of hydrogen-bond donors (Lipinski definition) is 0. The van der Waals surface area contributed by atoms with Crippen LogP contribution in [0.5, 0.6) is 0 Å². The molecule has 1 rings (SSSR count). The van der Waals surface area contributed by atoms with E-state index in [4.69, 9.17) is 28.6 Å². The minimum atomic E-state index is -1.29. The summed E-state index contributed by atoms with van der Waals surface area (Å²) in [5, 5.41) is 0.544. The Bertz CT molecular complexity index is 434. The van der Waals surface area contributed by atoms with Crippen molar-refractivity contribution >= 4 is 48.0 Å². The Hall–Kier alpha value is -0.103. The standard InChI is InChI=1S/C14H22ClNOS2Si/c1-5-17-14(18)19-13(20(2,3)4)9-7-11-6-8-12(15)16-10-11/h6,8,10,13H,5,7,9H2,1-4H3. The molecule has 6 heteroatoms. The maximum Gasteiger partial charge on any atom is 0.219 e. The molecule has 0 bridgehead atoms. The number of ether oxygens (including phenoxy) is 1. The lowest BCUT2D eigenvalue weighted by atomic mass is 10.2. The fraction of sp³-hybridized carbons (Fsp3) is 0.571. The summed E-state index contributed by atoms with van der Waals surface area (Å²) in [5.74, 6) is 0. The van der Waals surface area contributed by atoms with Crippen LogP contribution in [0.3, 0.4) is 0 Å². The molecule has 1 unspecified atom stereocenters. The smallest absolute Gasteiger partial charge is 0.219 e. The molecule has 0 aromatic carbocycles. The SMILES string of the molecule is CCOC(=S)SC(CCc1ccc(Cl)nc1)[Si](C)(C)C. The number of thioether (sulfide) groups is 1. The van der Waals surface area contributed by atoms with Gasteiger partial charge in [-0.05, 0) is 43.6 Å². The molecular weight excluding hydrogens is 326 g/mol. The maximum atomic E-state index is 5.81. The van der Waals surface area contributed by atoms with Crippen LogP contribution < -0.4 is 0 Å². The second-order valence-corrected chi connectivity index (χ2v) is 13.7. The molecule has 0 radical (unpaired) electrons. The molecule has 0 saturated carbocycles. The van der Waals surface area contributed by atoms with Crippen molar-refractivity contribution in [1.82, 2.24) is 4.98 Å². The molecule has 0 spiro atoms. The predicted octanol–water partition coefficient (Wildman–Crippen LogP) is 4.97. The molecule has 0 fully saturated rings. The maximum absolute atomic E-state index is 5.81. The number of nitrogens with zero attached hydrogens (tertiary/aromatic N) is 1. The summed E-state index contributed by atoms with van der Waals surface area (Å²) in [4.78, 5) is 4.68. The van der Waals surface area contributed by atoms with E-state index in [2.05, 4.69) is 24.6 Å². The van der Waals surface area contributed by atoms with E-state index in [9.17, 15) is 0 Å². The minimum Gasteiger partial charge on any atom is -0.479 e. The normalized spacial score (nSPS) is 13.1. The van der Waals surface area contributed by atoms with Gasteiger partial charge in [-0.25, -0.2) is 4.98 Å². The summed E-state index contributed by atoms with van der Waals surface area (Å²) in [6, 6.07) is 3.89. The van der Waals surface area contributed by atoms with Crippen LogP contribution in [0.2, 0.25) is 24.8 Å². The Morgan fingerprint density at radius 2 is 2.15 bits per heavy atom. The predicted molar refractivity (Wildman–Crippen MR) is 96.5 cm³/mol. The second kappa shape index (κ2) is 8.37. The molecule has 0 aliphatic heterocycles. The molecule has 0 saturated heterocycles. The second-order valence-electron chi connectivity index (χ2n) is 5.68. The van der Waals surface area contributed by atoms with Gasteiger partial charge in [0, 0.05) is 11.1 Å². The van der Waals surface area contributed by atoms with Crippen molar-refractivity contribution in [2.45, 2.75) is 44.3 Å². The third-order valence-corrected chi connectivity index (χ3v) is 9.11. The Labute approximate surface area is 137 Å². The first-order chi connectivity index (χ1) is 9.32. The summed E-state index contributed by atoms with van der Waals surface area (Å²) in [5.41, 5.74) is 1.22. The summed E-state index contributed by atoms with van der Waals surface area (Å²) < 4.78 is 6.10. The van der Waals surface area contributed by atoms with Crippen LogP contribution in [0, 0.1) is 0 Å². The van der Waals surface area contributed by atoms with Crippen LogP contribution in [0.1, 0.15) is 18.9 Å². The van der Waals surface area contributed by atoms with E-state index in [-0.39, 0.29) is 0 Å². The van der Waals surface area contributed by atoms with Crippen molar-refractivity contribution in [1.29, 1.82) is 0 Å². The quantitative estimate of drug-likeness (QED) is 0.411. The lowest BCUT2D eigenvalue weighted by Gasteiger charge is -2.28. The van der Waals surface area contributed by atoms with E-state index < -0.39 is 8.07 Å². The van der Waals surface area contributed by atoms with Crippen LogP contribution >= 0.6 is 35.6 Å². The third-order valence-electron chi connectivity index (χ3n) is 2.95. The van der Waals surface area contributed by atoms with Gasteiger partial charge in [-0.15, -0.1) is 0 Å². The van der Waals surface area contributed by atoms with Crippen molar-refractivity contribution in [3.8, 4) is 0 Å². The number of hydrogen-bond acceptors (Lipinski definition) is 4. The highest BCUT2D eigenvalue weighted by atomic mass is 35.5. The molecule has 1 aromatic heterocycles. The van der Waals surface area contributed by atoms with Crippen LogP contribution in [-0.4, -0.2) is 28.9 Å². The summed E-state index contributed by atoms with van der Waals surface area (Å²) in [6.07, 6.45) is 3.95. The monoisotopic (exact) mass is 347 g/mol. The minimum absolute atomic E-state index is 0.544. The summed E-state index contributed by atoms with van der Waals surface area (Å²) >= 11 is 12.8. The van der Waals surface area contributed by atoms with Gasteiger partial charge in [-0.2, -0.15) is 0 Å². The van der Waals surface area contributed by atoms with Gasteiger partial charge in [0.15, 0.2) is 0 Å². The first-order valence-electron chi connectivity index (χ1n) is 6.76. The number of aryl methyl sites for hydroxylation is 1. The zero-order chi connectivity index (χ0) is 15.2. The molecule has 20 heavy (non-hydrogen) atoms. The van der Waals surface area contributed by atoms with Gasteiger partial charge in [0.25, 0.3) is 0 Å². The average molecular weight is 348 g/mol. The van der Waals surface area contributed by atoms with Crippen LogP contribution in [0.15, 0.2) is 18.3 Å². The van der Waals surface area contributed by atoms with Gasteiger partial charge in [-0.1, -0.05) is 49.1 Å².